The summed E-state index contributed by atoms with van der Waals surface area (Å²) in [5.74, 6) is 1.72. The number of nitrogens with one attached hydrogen (secondary N) is 1. The lowest BCUT2D eigenvalue weighted by Crippen LogP contribution is -2.54. The van der Waals surface area contributed by atoms with E-state index in [-0.39, 0.29) is 18.4 Å². The van der Waals surface area contributed by atoms with E-state index in [4.69, 9.17) is 42.1 Å². The zero-order valence-corrected chi connectivity index (χ0v) is 34.5. The molecule has 2 aromatic heterocycles. The van der Waals surface area contributed by atoms with Crippen LogP contribution in [0.2, 0.25) is 10.0 Å². The number of carbonyl (C=O) groups excluding carboxylic acids is 1. The first-order valence-electron chi connectivity index (χ1n) is 19.5. The van der Waals surface area contributed by atoms with Crippen LogP contribution < -0.4 is 24.3 Å². The van der Waals surface area contributed by atoms with Crippen LogP contribution in [0.1, 0.15) is 50.7 Å². The van der Waals surface area contributed by atoms with Gasteiger partial charge in [-0.2, -0.15) is 0 Å². The van der Waals surface area contributed by atoms with Crippen molar-refractivity contribution in [3.63, 3.8) is 0 Å². The van der Waals surface area contributed by atoms with Crippen LogP contribution in [0.5, 0.6) is 28.7 Å². The van der Waals surface area contributed by atoms with Crippen LogP contribution in [0.15, 0.2) is 116 Å². The van der Waals surface area contributed by atoms with Gasteiger partial charge < -0.3 is 29.4 Å². The molecule has 0 saturated heterocycles. The van der Waals surface area contributed by atoms with Crippen molar-refractivity contribution in [1.82, 2.24) is 20.2 Å². The van der Waals surface area contributed by atoms with E-state index in [0.29, 0.717) is 71.5 Å². The Hall–Kier alpha value is -6.14. The molecule has 0 saturated carbocycles. The van der Waals surface area contributed by atoms with Crippen LogP contribution in [-0.2, 0) is 42.1 Å². The van der Waals surface area contributed by atoms with Crippen LogP contribution >= 0.6 is 23.2 Å². The highest BCUT2D eigenvalue weighted by atomic mass is 35.5. The molecule has 0 bridgehead atoms. The molecule has 6 aromatic rings. The van der Waals surface area contributed by atoms with Crippen molar-refractivity contribution in [1.29, 1.82) is 0 Å². The van der Waals surface area contributed by atoms with Gasteiger partial charge in [0.2, 0.25) is 5.91 Å². The minimum Gasteiger partial charge on any atom is -0.489 e. The van der Waals surface area contributed by atoms with Gasteiger partial charge >= 0.3 is 5.97 Å². The van der Waals surface area contributed by atoms with Gasteiger partial charge in [0.25, 0.3) is 0 Å². The molecule has 60 heavy (non-hydrogen) atoms. The number of fused-ring (bicyclic) bond motifs is 2. The second-order valence-electron chi connectivity index (χ2n) is 14.9. The number of ether oxygens (including phenoxy) is 4. The van der Waals surface area contributed by atoms with E-state index in [0.717, 1.165) is 44.6 Å². The second kappa shape index (κ2) is 18.0. The molecule has 0 aliphatic carbocycles. The van der Waals surface area contributed by atoms with E-state index in [9.17, 15) is 14.7 Å². The summed E-state index contributed by atoms with van der Waals surface area (Å²) >= 11 is 12.2. The summed E-state index contributed by atoms with van der Waals surface area (Å²) in [5.41, 5.74) is 7.25. The minimum absolute atomic E-state index is 0.0923. The molecular formula is C47H42Cl2N4O7. The standard InChI is InChI=1S/C47H42Cl2N4O7/c1-28-29(2)51-17-15-42(28)59-37-10-5-30(6-11-37)19-40(47(55)56)52-46(54)41-20-34-21-43-44(22-35(34)25-53(41)24-32-4-3-16-50-23-32)60-45(27-58-43)33-8-12-36(13-9-33)57-26-31-7-14-38(48)39(49)18-31/h3-18,21-23,40-41,45H,19-20,24-27H2,1-2H3,(H,52,54)(H,55,56)/t40?,41-,45+/m0/s1. The number of aliphatic carboxylic acids is 1. The quantitative estimate of drug-likeness (QED) is 0.116. The molecule has 13 heteroatoms. The molecule has 4 heterocycles. The first kappa shape index (κ1) is 40.6. The SMILES string of the molecule is Cc1nccc(Oc2ccc(CC(NC(=O)[C@@H]3Cc4cc5c(cc4CN3Cc3cccnc3)O[C@@H](c3ccc(OCc4ccc(Cl)c(Cl)c4)cc3)CO5)C(=O)O)cc2)c1C. The third-order valence-electron chi connectivity index (χ3n) is 10.8. The first-order chi connectivity index (χ1) is 29.1. The number of carboxylic acid groups (broad SMARTS) is 1. The lowest BCUT2D eigenvalue weighted by molar-refractivity contribution is -0.142. The maximum Gasteiger partial charge on any atom is 0.326 e. The summed E-state index contributed by atoms with van der Waals surface area (Å²) < 4.78 is 24.8. The number of pyridine rings is 2. The van der Waals surface area contributed by atoms with Crippen LogP contribution in [0.3, 0.4) is 0 Å². The van der Waals surface area contributed by atoms with Crippen molar-refractivity contribution in [3.8, 4) is 28.7 Å². The Morgan fingerprint density at radius 1 is 0.883 bits per heavy atom. The Kier molecular flexibility index (Phi) is 12.2. The molecule has 3 atom stereocenters. The number of halogens is 2. The lowest BCUT2D eigenvalue weighted by atomic mass is 9.91. The largest absolute Gasteiger partial charge is 0.489 e. The highest BCUT2D eigenvalue weighted by molar-refractivity contribution is 6.42. The number of hydrogen-bond acceptors (Lipinski definition) is 9. The van der Waals surface area contributed by atoms with Gasteiger partial charge in [-0.05, 0) is 114 Å². The minimum atomic E-state index is -1.16. The van der Waals surface area contributed by atoms with Crippen molar-refractivity contribution in [2.45, 2.75) is 64.6 Å². The molecule has 2 aliphatic rings. The topological polar surface area (TPSA) is 132 Å². The van der Waals surface area contributed by atoms with Gasteiger partial charge in [0, 0.05) is 49.4 Å². The van der Waals surface area contributed by atoms with Gasteiger partial charge in [-0.1, -0.05) is 59.6 Å². The average molecular weight is 846 g/mol. The second-order valence-corrected chi connectivity index (χ2v) is 15.8. The fourth-order valence-electron chi connectivity index (χ4n) is 7.35. The number of aromatic nitrogens is 2. The molecule has 0 spiro atoms. The van der Waals surface area contributed by atoms with Gasteiger partial charge in [0.05, 0.1) is 16.1 Å². The van der Waals surface area contributed by atoms with Crippen LogP contribution in [0.4, 0.5) is 0 Å². The predicted octanol–water partition coefficient (Wildman–Crippen LogP) is 9.02. The number of hydrogen-bond donors (Lipinski definition) is 2. The number of carbonyl (C=O) groups is 2. The number of rotatable bonds is 13. The smallest absolute Gasteiger partial charge is 0.326 e. The first-order valence-corrected chi connectivity index (χ1v) is 20.3. The van der Waals surface area contributed by atoms with Crippen LogP contribution in [0, 0.1) is 13.8 Å². The van der Waals surface area contributed by atoms with Crippen molar-refractivity contribution >= 4 is 35.1 Å². The molecule has 2 N–H and O–H groups in total. The third kappa shape index (κ3) is 9.50. The molecule has 4 aromatic carbocycles. The number of benzene rings is 4. The molecule has 1 amide bonds. The Balaban J connectivity index is 0.948. The molecule has 306 valence electrons. The molecule has 1 unspecified atom stereocenters. The van der Waals surface area contributed by atoms with Gasteiger partial charge in [-0.15, -0.1) is 0 Å². The number of carboxylic acids is 1. The van der Waals surface area contributed by atoms with E-state index in [2.05, 4.69) is 15.3 Å². The molecule has 2 aliphatic heterocycles. The van der Waals surface area contributed by atoms with Gasteiger partial charge in [0.1, 0.15) is 36.5 Å². The fourth-order valence-corrected chi connectivity index (χ4v) is 7.67. The van der Waals surface area contributed by atoms with Gasteiger partial charge in [-0.25, -0.2) is 4.79 Å². The fraction of sp³-hybridized carbons (Fsp3) is 0.234. The highest BCUT2D eigenvalue weighted by Crippen LogP contribution is 2.41. The summed E-state index contributed by atoms with van der Waals surface area (Å²) in [6, 6.07) is 28.1. The van der Waals surface area contributed by atoms with E-state index < -0.39 is 18.1 Å². The summed E-state index contributed by atoms with van der Waals surface area (Å²) in [6.07, 6.45) is 5.26. The van der Waals surface area contributed by atoms with Crippen molar-refractivity contribution in [2.75, 3.05) is 6.61 Å². The van der Waals surface area contributed by atoms with Crippen LogP contribution in [-0.4, -0.2) is 50.5 Å². The van der Waals surface area contributed by atoms with E-state index in [1.54, 1.807) is 48.9 Å². The molecule has 11 nitrogen and oxygen atoms in total. The lowest BCUT2D eigenvalue weighted by Gasteiger charge is -2.37. The van der Waals surface area contributed by atoms with E-state index in [1.165, 1.54) is 0 Å². The van der Waals surface area contributed by atoms with Crippen LogP contribution in [0.25, 0.3) is 0 Å². The Bertz CT molecular complexity index is 2500. The molecule has 8 rings (SSSR count). The molecule has 0 radical (unpaired) electrons. The maximum atomic E-state index is 14.1. The predicted molar refractivity (Wildman–Crippen MR) is 227 cm³/mol. The number of nitrogens with zero attached hydrogens (tertiary/aromatic N) is 3. The Morgan fingerprint density at radius 2 is 1.65 bits per heavy atom. The highest BCUT2D eigenvalue weighted by Gasteiger charge is 2.36. The number of aryl methyl sites for hydroxylation is 1. The normalized spacial score (nSPS) is 16.3. The zero-order chi connectivity index (χ0) is 41.8. The van der Waals surface area contributed by atoms with Crippen molar-refractivity contribution < 1.29 is 33.6 Å². The molecular weight excluding hydrogens is 803 g/mol. The van der Waals surface area contributed by atoms with E-state index in [1.807, 2.05) is 85.5 Å². The maximum absolute atomic E-state index is 14.1. The van der Waals surface area contributed by atoms with E-state index >= 15 is 0 Å². The molecule has 0 fully saturated rings. The average Bonchev–Trinajstić information content (AvgIpc) is 3.25. The Labute approximate surface area is 357 Å². The zero-order valence-electron chi connectivity index (χ0n) is 32.9. The third-order valence-corrected chi connectivity index (χ3v) is 11.6. The monoisotopic (exact) mass is 844 g/mol. The van der Waals surface area contributed by atoms with Crippen molar-refractivity contribution in [3.05, 3.63) is 170 Å². The summed E-state index contributed by atoms with van der Waals surface area (Å²) in [4.78, 5) is 37.3. The Morgan fingerprint density at radius 3 is 2.40 bits per heavy atom. The van der Waals surface area contributed by atoms with Crippen molar-refractivity contribution in [2.24, 2.45) is 0 Å². The van der Waals surface area contributed by atoms with Gasteiger partial charge in [-0.3, -0.25) is 19.7 Å². The summed E-state index contributed by atoms with van der Waals surface area (Å²) in [5, 5.41) is 14.1. The summed E-state index contributed by atoms with van der Waals surface area (Å²) in [7, 11) is 0. The van der Waals surface area contributed by atoms with Gasteiger partial charge in [0.15, 0.2) is 17.6 Å². The summed E-state index contributed by atoms with van der Waals surface area (Å²) in [6.45, 7) is 5.35. The number of amides is 1.